The average molecular weight is 238 g/mol. The molecule has 2 rings (SSSR count). The predicted molar refractivity (Wildman–Crippen MR) is 60.0 cm³/mol. The quantitative estimate of drug-likeness (QED) is 0.816. The molecule has 2 nitrogen and oxygen atoms in total. The van der Waals surface area contributed by atoms with Crippen LogP contribution in [0.4, 0.5) is 4.39 Å². The van der Waals surface area contributed by atoms with Crippen LogP contribution in [0.25, 0.3) is 0 Å². The highest BCUT2D eigenvalue weighted by Gasteiger charge is 2.07. The maximum absolute atomic E-state index is 13.4. The number of ether oxygens (including phenoxy) is 1. The molecule has 0 aliphatic carbocycles. The number of benzene rings is 1. The Labute approximate surface area is 97.7 Å². The van der Waals surface area contributed by atoms with Crippen molar-refractivity contribution in [1.82, 2.24) is 4.98 Å². The molecule has 0 N–H and O–H groups in total. The number of nitrogens with zero attached hydrogens (tertiary/aromatic N) is 1. The van der Waals surface area contributed by atoms with E-state index in [9.17, 15) is 4.39 Å². The molecule has 0 fully saturated rings. The Balaban J connectivity index is 2.11. The first-order valence-electron chi connectivity index (χ1n) is 4.73. The van der Waals surface area contributed by atoms with Crippen molar-refractivity contribution in [3.8, 4) is 5.75 Å². The SMILES string of the molecule is Fc1cccc(Cl)c1COc1cccnc1. The molecule has 0 radical (unpaired) electrons. The number of aromatic nitrogens is 1. The third kappa shape index (κ3) is 2.49. The molecule has 1 aromatic carbocycles. The molecule has 2 aromatic rings. The van der Waals surface area contributed by atoms with Gasteiger partial charge < -0.3 is 4.74 Å². The van der Waals surface area contributed by atoms with Gasteiger partial charge in [-0.05, 0) is 24.3 Å². The molecule has 0 bridgehead atoms. The van der Waals surface area contributed by atoms with Gasteiger partial charge in [-0.2, -0.15) is 0 Å². The Morgan fingerprint density at radius 2 is 2.12 bits per heavy atom. The van der Waals surface area contributed by atoms with E-state index in [1.54, 1.807) is 36.7 Å². The summed E-state index contributed by atoms with van der Waals surface area (Å²) in [5.74, 6) is 0.221. The van der Waals surface area contributed by atoms with E-state index in [-0.39, 0.29) is 12.4 Å². The molecule has 4 heteroatoms. The van der Waals surface area contributed by atoms with Gasteiger partial charge in [-0.3, -0.25) is 4.98 Å². The Hall–Kier alpha value is -1.61. The minimum absolute atomic E-state index is 0.0944. The molecule has 0 unspecified atom stereocenters. The van der Waals surface area contributed by atoms with E-state index < -0.39 is 0 Å². The van der Waals surface area contributed by atoms with Crippen molar-refractivity contribution < 1.29 is 9.13 Å². The molecule has 0 aliphatic heterocycles. The van der Waals surface area contributed by atoms with Crippen molar-refractivity contribution in [2.45, 2.75) is 6.61 Å². The van der Waals surface area contributed by atoms with Crippen LogP contribution in [0.15, 0.2) is 42.7 Å². The van der Waals surface area contributed by atoms with Gasteiger partial charge in [0.15, 0.2) is 0 Å². The van der Waals surface area contributed by atoms with Crippen molar-refractivity contribution in [2.75, 3.05) is 0 Å². The van der Waals surface area contributed by atoms with Gasteiger partial charge >= 0.3 is 0 Å². The van der Waals surface area contributed by atoms with Crippen molar-refractivity contribution in [3.63, 3.8) is 0 Å². The van der Waals surface area contributed by atoms with Gasteiger partial charge in [0, 0.05) is 11.8 Å². The van der Waals surface area contributed by atoms with Crippen molar-refractivity contribution in [2.24, 2.45) is 0 Å². The average Bonchev–Trinajstić information content (AvgIpc) is 2.30. The molecule has 1 aromatic heterocycles. The molecular weight excluding hydrogens is 229 g/mol. The molecule has 0 aliphatic rings. The van der Waals surface area contributed by atoms with E-state index in [0.29, 0.717) is 16.3 Å². The highest BCUT2D eigenvalue weighted by molar-refractivity contribution is 6.31. The molecule has 1 heterocycles. The van der Waals surface area contributed by atoms with Gasteiger partial charge in [0.05, 0.1) is 11.2 Å². The summed E-state index contributed by atoms with van der Waals surface area (Å²) < 4.78 is 18.7. The van der Waals surface area contributed by atoms with E-state index >= 15 is 0 Å². The molecular formula is C12H9ClFNO. The lowest BCUT2D eigenvalue weighted by atomic mass is 10.2. The lowest BCUT2D eigenvalue weighted by Crippen LogP contribution is -1.99. The molecule has 82 valence electrons. The van der Waals surface area contributed by atoms with Gasteiger partial charge in [-0.15, -0.1) is 0 Å². The van der Waals surface area contributed by atoms with E-state index in [0.717, 1.165) is 0 Å². The van der Waals surface area contributed by atoms with Gasteiger partial charge in [-0.25, -0.2) is 4.39 Å². The first kappa shape index (κ1) is 10.9. The summed E-state index contributed by atoms with van der Waals surface area (Å²) in [6, 6.07) is 8.05. The van der Waals surface area contributed by atoms with Crippen LogP contribution >= 0.6 is 11.6 Å². The number of hydrogen-bond donors (Lipinski definition) is 0. The van der Waals surface area contributed by atoms with Crippen molar-refractivity contribution in [1.29, 1.82) is 0 Å². The third-order valence-corrected chi connectivity index (χ3v) is 2.43. The first-order valence-corrected chi connectivity index (χ1v) is 5.11. The molecule has 0 spiro atoms. The van der Waals surface area contributed by atoms with Gasteiger partial charge in [0.2, 0.25) is 0 Å². The Bertz CT molecular complexity index is 455. The topological polar surface area (TPSA) is 22.1 Å². The highest BCUT2D eigenvalue weighted by Crippen LogP contribution is 2.20. The van der Waals surface area contributed by atoms with Crippen LogP contribution in [0.1, 0.15) is 5.56 Å². The Morgan fingerprint density at radius 1 is 1.25 bits per heavy atom. The van der Waals surface area contributed by atoms with Crippen LogP contribution in [-0.2, 0) is 6.61 Å². The number of rotatable bonds is 3. The molecule has 0 saturated carbocycles. The van der Waals surface area contributed by atoms with Gasteiger partial charge in [-0.1, -0.05) is 17.7 Å². The summed E-state index contributed by atoms with van der Waals surface area (Å²) in [6.45, 7) is 0.0944. The number of halogens is 2. The van der Waals surface area contributed by atoms with Crippen LogP contribution in [-0.4, -0.2) is 4.98 Å². The number of pyridine rings is 1. The molecule has 0 atom stereocenters. The summed E-state index contributed by atoms with van der Waals surface area (Å²) in [4.78, 5) is 3.89. The van der Waals surface area contributed by atoms with E-state index in [1.165, 1.54) is 6.07 Å². The van der Waals surface area contributed by atoms with E-state index in [2.05, 4.69) is 4.98 Å². The van der Waals surface area contributed by atoms with Crippen LogP contribution in [0.2, 0.25) is 5.02 Å². The zero-order chi connectivity index (χ0) is 11.4. The van der Waals surface area contributed by atoms with Crippen molar-refractivity contribution in [3.05, 3.63) is 59.1 Å². The number of hydrogen-bond acceptors (Lipinski definition) is 2. The monoisotopic (exact) mass is 237 g/mol. The van der Waals surface area contributed by atoms with Crippen LogP contribution in [0, 0.1) is 5.82 Å². The van der Waals surface area contributed by atoms with Gasteiger partial charge in [0.25, 0.3) is 0 Å². The molecule has 0 amide bonds. The normalized spacial score (nSPS) is 10.1. The summed E-state index contributed by atoms with van der Waals surface area (Å²) in [7, 11) is 0. The zero-order valence-corrected chi connectivity index (χ0v) is 9.12. The van der Waals surface area contributed by atoms with E-state index in [4.69, 9.17) is 16.3 Å². The minimum atomic E-state index is -0.364. The van der Waals surface area contributed by atoms with Gasteiger partial charge in [0.1, 0.15) is 18.2 Å². The standard InChI is InChI=1S/C12H9ClFNO/c13-11-4-1-5-12(14)10(11)8-16-9-3-2-6-15-7-9/h1-7H,8H2. The fourth-order valence-corrected chi connectivity index (χ4v) is 1.48. The molecule has 0 saturated heterocycles. The largest absolute Gasteiger partial charge is 0.487 e. The highest BCUT2D eigenvalue weighted by atomic mass is 35.5. The lowest BCUT2D eigenvalue weighted by Gasteiger charge is -2.07. The first-order chi connectivity index (χ1) is 7.77. The van der Waals surface area contributed by atoms with Crippen LogP contribution < -0.4 is 4.74 Å². The lowest BCUT2D eigenvalue weighted by molar-refractivity contribution is 0.299. The van der Waals surface area contributed by atoms with E-state index in [1.807, 2.05) is 0 Å². The summed E-state index contributed by atoms with van der Waals surface area (Å²) in [6.07, 6.45) is 3.21. The fraction of sp³-hybridized carbons (Fsp3) is 0.0833. The zero-order valence-electron chi connectivity index (χ0n) is 8.36. The Kier molecular flexibility index (Phi) is 3.37. The fourth-order valence-electron chi connectivity index (χ4n) is 1.26. The Morgan fingerprint density at radius 3 is 2.81 bits per heavy atom. The minimum Gasteiger partial charge on any atom is -0.487 e. The maximum atomic E-state index is 13.4. The third-order valence-electron chi connectivity index (χ3n) is 2.08. The second-order valence-electron chi connectivity index (χ2n) is 3.18. The second kappa shape index (κ2) is 4.94. The van der Waals surface area contributed by atoms with Crippen molar-refractivity contribution >= 4 is 11.6 Å². The smallest absolute Gasteiger partial charge is 0.138 e. The summed E-state index contributed by atoms with van der Waals surface area (Å²) in [5, 5.41) is 0.365. The summed E-state index contributed by atoms with van der Waals surface area (Å²) in [5.41, 5.74) is 0.355. The summed E-state index contributed by atoms with van der Waals surface area (Å²) >= 11 is 5.86. The maximum Gasteiger partial charge on any atom is 0.138 e. The molecule has 16 heavy (non-hydrogen) atoms. The van der Waals surface area contributed by atoms with Crippen LogP contribution in [0.5, 0.6) is 5.75 Å². The van der Waals surface area contributed by atoms with Crippen LogP contribution in [0.3, 0.4) is 0 Å². The second-order valence-corrected chi connectivity index (χ2v) is 3.58. The predicted octanol–water partition coefficient (Wildman–Crippen LogP) is 3.45.